The SMILES string of the molecule is CC(=O)c1cc2c(cc1NC(=O)Cn1cnc3sc(-c4ccccc4)c(C)c3c1=O)OCO2. The Morgan fingerprint density at radius 1 is 1.15 bits per heavy atom. The molecule has 0 saturated carbocycles. The lowest BCUT2D eigenvalue weighted by molar-refractivity contribution is -0.116. The summed E-state index contributed by atoms with van der Waals surface area (Å²) in [7, 11) is 0. The molecular weight excluding hydrogens is 442 g/mol. The molecule has 0 radical (unpaired) electrons. The number of nitrogens with zero attached hydrogens (tertiary/aromatic N) is 2. The summed E-state index contributed by atoms with van der Waals surface area (Å²) in [6.07, 6.45) is 1.38. The number of carbonyl (C=O) groups excluding carboxylic acids is 2. The number of thiophene rings is 1. The second-order valence-corrected chi connectivity index (χ2v) is 8.63. The quantitative estimate of drug-likeness (QED) is 0.451. The monoisotopic (exact) mass is 461 g/mol. The summed E-state index contributed by atoms with van der Waals surface area (Å²) < 4.78 is 11.9. The molecule has 1 aliphatic heterocycles. The number of benzene rings is 2. The number of ether oxygens (including phenoxy) is 2. The first-order valence-corrected chi connectivity index (χ1v) is 11.0. The Labute approximate surface area is 192 Å². The number of carbonyl (C=O) groups is 2. The topological polar surface area (TPSA) is 99.5 Å². The normalized spacial score (nSPS) is 12.2. The van der Waals surface area contributed by atoms with Crippen molar-refractivity contribution in [2.45, 2.75) is 20.4 Å². The third-order valence-electron chi connectivity index (χ3n) is 5.43. The highest BCUT2D eigenvalue weighted by Gasteiger charge is 2.21. The Hall–Kier alpha value is -3.98. The van der Waals surface area contributed by atoms with Crippen LogP contribution >= 0.6 is 11.3 Å². The van der Waals surface area contributed by atoms with Crippen LogP contribution in [0.15, 0.2) is 53.6 Å². The van der Waals surface area contributed by atoms with Gasteiger partial charge in [-0.05, 0) is 31.0 Å². The summed E-state index contributed by atoms with van der Waals surface area (Å²) in [5.74, 6) is 0.200. The fraction of sp³-hybridized carbons (Fsp3) is 0.167. The lowest BCUT2D eigenvalue weighted by Gasteiger charge is -2.11. The molecule has 0 fully saturated rings. The molecule has 5 rings (SSSR count). The maximum absolute atomic E-state index is 13.2. The Morgan fingerprint density at radius 2 is 1.88 bits per heavy atom. The molecule has 3 heterocycles. The number of aromatic nitrogens is 2. The van der Waals surface area contributed by atoms with Crippen molar-refractivity contribution in [1.29, 1.82) is 0 Å². The van der Waals surface area contributed by atoms with Crippen molar-refractivity contribution >= 4 is 38.9 Å². The first-order chi connectivity index (χ1) is 15.9. The van der Waals surface area contributed by atoms with Crippen LogP contribution in [-0.4, -0.2) is 28.0 Å². The molecule has 8 nitrogen and oxygen atoms in total. The van der Waals surface area contributed by atoms with Crippen molar-refractivity contribution in [1.82, 2.24) is 9.55 Å². The van der Waals surface area contributed by atoms with Crippen molar-refractivity contribution in [2.75, 3.05) is 12.1 Å². The number of hydrogen-bond donors (Lipinski definition) is 1. The number of Topliss-reactive ketones (excluding diaryl/α,β-unsaturated/α-hetero) is 1. The predicted octanol–water partition coefficient (Wildman–Crippen LogP) is 4.00. The molecule has 1 aliphatic rings. The van der Waals surface area contributed by atoms with E-state index in [0.29, 0.717) is 33.0 Å². The Bertz CT molecular complexity index is 1470. The van der Waals surface area contributed by atoms with Gasteiger partial charge in [0.2, 0.25) is 12.7 Å². The van der Waals surface area contributed by atoms with Gasteiger partial charge in [-0.3, -0.25) is 19.0 Å². The fourth-order valence-electron chi connectivity index (χ4n) is 3.82. The molecule has 2 aromatic heterocycles. The summed E-state index contributed by atoms with van der Waals surface area (Å²) >= 11 is 1.45. The zero-order chi connectivity index (χ0) is 23.1. The van der Waals surface area contributed by atoms with Crippen molar-refractivity contribution in [2.24, 2.45) is 0 Å². The van der Waals surface area contributed by atoms with Gasteiger partial charge in [-0.2, -0.15) is 0 Å². The van der Waals surface area contributed by atoms with Gasteiger partial charge in [-0.1, -0.05) is 30.3 Å². The molecule has 0 unspecified atom stereocenters. The molecule has 33 heavy (non-hydrogen) atoms. The van der Waals surface area contributed by atoms with Crippen LogP contribution in [0.4, 0.5) is 5.69 Å². The summed E-state index contributed by atoms with van der Waals surface area (Å²) in [6.45, 7) is 3.10. The number of rotatable bonds is 5. The van der Waals surface area contributed by atoms with Crippen LogP contribution < -0.4 is 20.3 Å². The van der Waals surface area contributed by atoms with Crippen molar-refractivity contribution < 1.29 is 19.1 Å². The Morgan fingerprint density at radius 3 is 2.61 bits per heavy atom. The van der Waals surface area contributed by atoms with Crippen LogP contribution in [0.25, 0.3) is 20.7 Å². The second kappa shape index (κ2) is 8.18. The van der Waals surface area contributed by atoms with Crippen molar-refractivity contribution in [3.63, 3.8) is 0 Å². The summed E-state index contributed by atoms with van der Waals surface area (Å²) in [5.41, 5.74) is 2.17. The average Bonchev–Trinajstić information content (AvgIpc) is 3.39. The first kappa shape index (κ1) is 20.9. The van der Waals surface area contributed by atoms with E-state index in [1.807, 2.05) is 37.3 Å². The standard InChI is InChI=1S/C24H19N3O5S/c1-13-21-23(33-22(13)15-6-4-3-5-7-15)25-11-27(24(21)30)10-20(29)26-17-9-19-18(31-12-32-19)8-16(17)14(2)28/h3-9,11H,10,12H2,1-2H3,(H,26,29). The van der Waals surface area contributed by atoms with Gasteiger partial charge in [0.25, 0.3) is 5.56 Å². The number of ketones is 1. The molecule has 0 spiro atoms. The number of nitrogens with one attached hydrogen (secondary N) is 1. The van der Waals surface area contributed by atoms with E-state index < -0.39 is 5.91 Å². The summed E-state index contributed by atoms with van der Waals surface area (Å²) in [4.78, 5) is 44.0. The minimum atomic E-state index is -0.462. The van der Waals surface area contributed by atoms with Gasteiger partial charge in [0, 0.05) is 16.5 Å². The van der Waals surface area contributed by atoms with Gasteiger partial charge in [-0.15, -0.1) is 11.3 Å². The van der Waals surface area contributed by atoms with E-state index in [4.69, 9.17) is 9.47 Å². The number of fused-ring (bicyclic) bond motifs is 2. The average molecular weight is 461 g/mol. The van der Waals surface area contributed by atoms with Gasteiger partial charge in [0.1, 0.15) is 11.4 Å². The van der Waals surface area contributed by atoms with E-state index in [2.05, 4.69) is 10.3 Å². The molecule has 0 atom stereocenters. The van der Waals surface area contributed by atoms with E-state index >= 15 is 0 Å². The molecule has 4 aromatic rings. The van der Waals surface area contributed by atoms with Crippen molar-refractivity contribution in [3.05, 3.63) is 70.3 Å². The third kappa shape index (κ3) is 3.76. The molecule has 0 saturated heterocycles. The molecule has 1 N–H and O–H groups in total. The van der Waals surface area contributed by atoms with Crippen LogP contribution in [0, 0.1) is 6.92 Å². The molecule has 2 aromatic carbocycles. The molecule has 1 amide bonds. The number of hydrogen-bond acceptors (Lipinski definition) is 7. The van der Waals surface area contributed by atoms with Gasteiger partial charge < -0.3 is 14.8 Å². The van der Waals surface area contributed by atoms with Gasteiger partial charge in [0.15, 0.2) is 17.3 Å². The summed E-state index contributed by atoms with van der Waals surface area (Å²) in [5, 5.41) is 3.21. The lowest BCUT2D eigenvalue weighted by Crippen LogP contribution is -2.28. The maximum atomic E-state index is 13.2. The molecule has 9 heteroatoms. The molecule has 166 valence electrons. The number of anilines is 1. The van der Waals surface area contributed by atoms with Gasteiger partial charge in [0.05, 0.1) is 17.4 Å². The van der Waals surface area contributed by atoms with Crippen molar-refractivity contribution in [3.8, 4) is 21.9 Å². The van der Waals surface area contributed by atoms with Crippen LogP contribution in [0.1, 0.15) is 22.8 Å². The largest absolute Gasteiger partial charge is 0.454 e. The first-order valence-electron chi connectivity index (χ1n) is 10.2. The highest BCUT2D eigenvalue weighted by atomic mass is 32.1. The van der Waals surface area contributed by atoms with E-state index in [0.717, 1.165) is 16.0 Å². The van der Waals surface area contributed by atoms with Crippen LogP contribution in [-0.2, 0) is 11.3 Å². The van der Waals surface area contributed by atoms with E-state index in [1.54, 1.807) is 12.1 Å². The third-order valence-corrected chi connectivity index (χ3v) is 6.68. The molecule has 0 bridgehead atoms. The number of amides is 1. The zero-order valence-electron chi connectivity index (χ0n) is 17.9. The van der Waals surface area contributed by atoms with E-state index in [1.165, 1.54) is 29.2 Å². The highest BCUT2D eigenvalue weighted by Crippen LogP contribution is 2.37. The Balaban J connectivity index is 1.45. The van der Waals surface area contributed by atoms with E-state index in [-0.39, 0.29) is 24.7 Å². The fourth-order valence-corrected chi connectivity index (χ4v) is 4.96. The van der Waals surface area contributed by atoms with Crippen LogP contribution in [0.2, 0.25) is 0 Å². The maximum Gasteiger partial charge on any atom is 0.262 e. The minimum absolute atomic E-state index is 0.0517. The van der Waals surface area contributed by atoms with Gasteiger partial charge >= 0.3 is 0 Å². The minimum Gasteiger partial charge on any atom is -0.454 e. The molecular formula is C24H19N3O5S. The zero-order valence-corrected chi connectivity index (χ0v) is 18.7. The number of aryl methyl sites for hydroxylation is 1. The lowest BCUT2D eigenvalue weighted by atomic mass is 10.1. The second-order valence-electron chi connectivity index (χ2n) is 7.64. The predicted molar refractivity (Wildman–Crippen MR) is 125 cm³/mol. The smallest absolute Gasteiger partial charge is 0.262 e. The van der Waals surface area contributed by atoms with Crippen LogP contribution in [0.5, 0.6) is 11.5 Å². The molecule has 0 aliphatic carbocycles. The highest BCUT2D eigenvalue weighted by molar-refractivity contribution is 7.22. The summed E-state index contributed by atoms with van der Waals surface area (Å²) in [6, 6.07) is 12.9. The van der Waals surface area contributed by atoms with Crippen LogP contribution in [0.3, 0.4) is 0 Å². The Kier molecular flexibility index (Phi) is 5.18. The van der Waals surface area contributed by atoms with E-state index in [9.17, 15) is 14.4 Å². The van der Waals surface area contributed by atoms with Gasteiger partial charge in [-0.25, -0.2) is 4.98 Å².